The van der Waals surface area contributed by atoms with Gasteiger partial charge < -0.3 is 4.90 Å². The van der Waals surface area contributed by atoms with Crippen molar-refractivity contribution in [1.82, 2.24) is 4.98 Å². The maximum atomic E-state index is 13.4. The van der Waals surface area contributed by atoms with Crippen LogP contribution in [0, 0.1) is 6.92 Å². The third kappa shape index (κ3) is 4.32. The predicted molar refractivity (Wildman–Crippen MR) is 114 cm³/mol. The minimum Gasteiger partial charge on any atom is -0.334 e. The summed E-state index contributed by atoms with van der Waals surface area (Å²) in [5.74, 6) is -0.00478. The molecule has 4 nitrogen and oxygen atoms in total. The van der Waals surface area contributed by atoms with Gasteiger partial charge in [0, 0.05) is 5.56 Å². The molecular weight excluding hydrogens is 378 g/mol. The molecule has 3 rings (SSSR count). The number of benzene rings is 2. The van der Waals surface area contributed by atoms with E-state index in [0.717, 1.165) is 41.0 Å². The van der Waals surface area contributed by atoms with Crippen molar-refractivity contribution in [2.75, 3.05) is 31.1 Å². The normalized spacial score (nSPS) is 11.3. The number of quaternary nitrogens is 1. The Hall–Kier alpha value is -1.95. The van der Waals surface area contributed by atoms with E-state index in [4.69, 9.17) is 16.6 Å². The van der Waals surface area contributed by atoms with Crippen LogP contribution < -0.4 is 9.80 Å². The zero-order chi connectivity index (χ0) is 19.4. The number of nitrogens with zero attached hydrogens (tertiary/aromatic N) is 2. The van der Waals surface area contributed by atoms with Crippen LogP contribution in [0.3, 0.4) is 0 Å². The Morgan fingerprint density at radius 2 is 1.89 bits per heavy atom. The molecule has 0 unspecified atom stereocenters. The van der Waals surface area contributed by atoms with Crippen molar-refractivity contribution in [2.24, 2.45) is 0 Å². The lowest BCUT2D eigenvalue weighted by molar-refractivity contribution is -0.894. The van der Waals surface area contributed by atoms with Crippen LogP contribution in [-0.4, -0.2) is 37.1 Å². The average molecular weight is 403 g/mol. The first-order valence-electron chi connectivity index (χ1n) is 9.31. The summed E-state index contributed by atoms with van der Waals surface area (Å²) in [6, 6.07) is 13.5. The summed E-state index contributed by atoms with van der Waals surface area (Å²) in [5, 5.41) is 1.32. The van der Waals surface area contributed by atoms with Crippen molar-refractivity contribution >= 4 is 44.2 Å². The van der Waals surface area contributed by atoms with E-state index in [9.17, 15) is 4.79 Å². The van der Waals surface area contributed by atoms with E-state index in [2.05, 4.69) is 13.8 Å². The lowest BCUT2D eigenvalue weighted by Gasteiger charge is -2.23. The van der Waals surface area contributed by atoms with E-state index in [1.165, 1.54) is 16.2 Å². The summed E-state index contributed by atoms with van der Waals surface area (Å²) in [7, 11) is 0. The molecule has 0 aliphatic rings. The number of nitrogens with one attached hydrogen (secondary N) is 1. The smallest absolute Gasteiger partial charge is 0.260 e. The Labute approximate surface area is 169 Å². The molecule has 3 aromatic rings. The van der Waals surface area contributed by atoms with Crippen LogP contribution in [0.15, 0.2) is 42.5 Å². The lowest BCUT2D eigenvalue weighted by Crippen LogP contribution is -3.12. The number of carbonyl (C=O) groups is 1. The molecule has 0 saturated carbocycles. The molecule has 0 radical (unpaired) electrons. The second kappa shape index (κ2) is 8.83. The second-order valence-corrected chi connectivity index (χ2v) is 7.98. The third-order valence-electron chi connectivity index (χ3n) is 4.90. The lowest BCUT2D eigenvalue weighted by atomic mass is 10.1. The highest BCUT2D eigenvalue weighted by molar-refractivity contribution is 7.22. The number of rotatable bonds is 7. The Bertz CT molecular complexity index is 936. The van der Waals surface area contributed by atoms with Gasteiger partial charge in [-0.3, -0.25) is 9.69 Å². The molecule has 0 aliphatic carbocycles. The van der Waals surface area contributed by atoms with Gasteiger partial charge in [0.2, 0.25) is 0 Å². The van der Waals surface area contributed by atoms with Gasteiger partial charge in [0.15, 0.2) is 5.13 Å². The van der Waals surface area contributed by atoms with Gasteiger partial charge in [0.1, 0.15) is 5.52 Å². The van der Waals surface area contributed by atoms with Crippen molar-refractivity contribution in [3.05, 3.63) is 58.6 Å². The van der Waals surface area contributed by atoms with Gasteiger partial charge >= 0.3 is 0 Å². The van der Waals surface area contributed by atoms with Gasteiger partial charge in [-0.15, -0.1) is 0 Å². The molecule has 0 atom stereocenters. The van der Waals surface area contributed by atoms with Gasteiger partial charge in [-0.05, 0) is 44.5 Å². The van der Waals surface area contributed by atoms with E-state index in [-0.39, 0.29) is 5.91 Å². The van der Waals surface area contributed by atoms with Gasteiger partial charge in [-0.25, -0.2) is 4.98 Å². The predicted octanol–water partition coefficient (Wildman–Crippen LogP) is 3.83. The monoisotopic (exact) mass is 402 g/mol. The number of likely N-dealkylation sites (N-methyl/N-ethyl adjacent to an activating group) is 1. The summed E-state index contributed by atoms with van der Waals surface area (Å²) in [5.41, 5.74) is 2.45. The number of anilines is 1. The molecular formula is C21H25ClN3OS+. The minimum atomic E-state index is -0.00478. The Morgan fingerprint density at radius 1 is 1.15 bits per heavy atom. The number of hydrogen-bond acceptors (Lipinski definition) is 3. The highest BCUT2D eigenvalue weighted by atomic mass is 35.5. The quantitative estimate of drug-likeness (QED) is 0.652. The molecule has 0 saturated heterocycles. The molecule has 1 N–H and O–H groups in total. The molecule has 0 aliphatic heterocycles. The van der Waals surface area contributed by atoms with Gasteiger partial charge in [0.25, 0.3) is 5.91 Å². The van der Waals surface area contributed by atoms with Crippen LogP contribution in [-0.2, 0) is 0 Å². The Balaban J connectivity index is 1.99. The molecule has 6 heteroatoms. The maximum Gasteiger partial charge on any atom is 0.260 e. The molecule has 1 aromatic heterocycles. The van der Waals surface area contributed by atoms with Gasteiger partial charge in [0.05, 0.1) is 35.9 Å². The van der Waals surface area contributed by atoms with Crippen LogP contribution in [0.2, 0.25) is 5.02 Å². The topological polar surface area (TPSA) is 37.6 Å². The number of para-hydroxylation sites is 1. The Kier molecular flexibility index (Phi) is 6.47. The van der Waals surface area contributed by atoms with Crippen molar-refractivity contribution in [3.8, 4) is 0 Å². The van der Waals surface area contributed by atoms with Crippen molar-refractivity contribution in [1.29, 1.82) is 0 Å². The van der Waals surface area contributed by atoms with Gasteiger partial charge in [-0.1, -0.05) is 47.2 Å². The number of aromatic nitrogens is 1. The number of thiazole rings is 1. The molecule has 142 valence electrons. The molecule has 27 heavy (non-hydrogen) atoms. The highest BCUT2D eigenvalue weighted by Crippen LogP contribution is 2.33. The summed E-state index contributed by atoms with van der Waals surface area (Å²) in [6.45, 7) is 9.89. The van der Waals surface area contributed by atoms with Crippen molar-refractivity contribution in [3.63, 3.8) is 0 Å². The minimum absolute atomic E-state index is 0.00478. The number of halogens is 1. The molecule has 0 spiro atoms. The number of carbonyl (C=O) groups excluding carboxylic acids is 1. The van der Waals surface area contributed by atoms with Crippen LogP contribution in [0.1, 0.15) is 29.8 Å². The van der Waals surface area contributed by atoms with Crippen LogP contribution in [0.5, 0.6) is 0 Å². The third-order valence-corrected chi connectivity index (χ3v) is 6.25. The second-order valence-electron chi connectivity index (χ2n) is 6.56. The summed E-state index contributed by atoms with van der Waals surface area (Å²) >= 11 is 7.82. The zero-order valence-corrected chi connectivity index (χ0v) is 17.5. The molecule has 1 amide bonds. The largest absolute Gasteiger partial charge is 0.334 e. The Morgan fingerprint density at radius 3 is 2.56 bits per heavy atom. The number of hydrogen-bond donors (Lipinski definition) is 1. The molecule has 0 fully saturated rings. The fourth-order valence-corrected chi connectivity index (χ4v) is 4.42. The number of fused-ring (bicyclic) bond motifs is 1. The standard InChI is InChI=1S/C21H24ClN3OS/c1-4-24(5-2)13-14-25(20(26)16-10-7-6-9-15(16)3)21-23-19-17(22)11-8-12-18(19)27-21/h6-12H,4-5,13-14H2,1-3H3/p+1. The SMILES string of the molecule is CC[NH+](CC)CCN(C(=O)c1ccccc1C)c1nc2c(Cl)cccc2s1. The molecule has 1 heterocycles. The van der Waals surface area contributed by atoms with E-state index < -0.39 is 0 Å². The van der Waals surface area contributed by atoms with Crippen LogP contribution >= 0.6 is 22.9 Å². The number of amides is 1. The van der Waals surface area contributed by atoms with Gasteiger partial charge in [-0.2, -0.15) is 0 Å². The van der Waals surface area contributed by atoms with Crippen molar-refractivity contribution < 1.29 is 9.69 Å². The molecule has 2 aromatic carbocycles. The fourth-order valence-electron chi connectivity index (χ4n) is 3.13. The van der Waals surface area contributed by atoms with E-state index in [1.807, 2.05) is 54.3 Å². The first-order valence-corrected chi connectivity index (χ1v) is 10.5. The number of aryl methyl sites for hydroxylation is 1. The van der Waals surface area contributed by atoms with Crippen molar-refractivity contribution in [2.45, 2.75) is 20.8 Å². The van der Waals surface area contributed by atoms with E-state index in [1.54, 1.807) is 0 Å². The summed E-state index contributed by atoms with van der Waals surface area (Å²) < 4.78 is 0.996. The van der Waals surface area contributed by atoms with E-state index in [0.29, 0.717) is 16.7 Å². The highest BCUT2D eigenvalue weighted by Gasteiger charge is 2.24. The summed E-state index contributed by atoms with van der Waals surface area (Å²) in [6.07, 6.45) is 0. The zero-order valence-electron chi connectivity index (χ0n) is 16.0. The van der Waals surface area contributed by atoms with E-state index >= 15 is 0 Å². The molecule has 0 bridgehead atoms. The first-order chi connectivity index (χ1) is 13.0. The van der Waals surface area contributed by atoms with Crippen LogP contribution in [0.25, 0.3) is 10.2 Å². The first kappa shape index (κ1) is 19.8. The van der Waals surface area contributed by atoms with Crippen LogP contribution in [0.4, 0.5) is 5.13 Å². The average Bonchev–Trinajstić information content (AvgIpc) is 3.10. The maximum absolute atomic E-state index is 13.4. The fraction of sp³-hybridized carbons (Fsp3) is 0.333. The summed E-state index contributed by atoms with van der Waals surface area (Å²) in [4.78, 5) is 21.3.